The number of alkyl halides is 1. The highest BCUT2D eigenvalue weighted by molar-refractivity contribution is 9.08. The zero-order valence-corrected chi connectivity index (χ0v) is 13.9. The van der Waals surface area contributed by atoms with Gasteiger partial charge in [-0.1, -0.05) is 15.9 Å². The number of hydrogen-bond donors (Lipinski definition) is 1. The number of nitrogens with zero attached hydrogens (tertiary/aromatic N) is 2. The lowest BCUT2D eigenvalue weighted by molar-refractivity contribution is 0.101. The van der Waals surface area contributed by atoms with Crippen LogP contribution in [0.4, 0.5) is 5.69 Å². The summed E-state index contributed by atoms with van der Waals surface area (Å²) in [5.41, 5.74) is 3.07. The van der Waals surface area contributed by atoms with Crippen molar-refractivity contribution in [2.24, 2.45) is 7.05 Å². The van der Waals surface area contributed by atoms with Crippen molar-refractivity contribution in [2.45, 2.75) is 19.2 Å². The van der Waals surface area contributed by atoms with Crippen LogP contribution in [-0.2, 0) is 12.4 Å². The molecule has 1 N–H and O–H groups in total. The number of carbonyl (C=O) groups is 1. The summed E-state index contributed by atoms with van der Waals surface area (Å²) in [6.45, 7) is 4.41. The molecule has 0 spiro atoms. The molecular weight excluding hydrogens is 334 g/mol. The Balaban J connectivity index is 2.19. The summed E-state index contributed by atoms with van der Waals surface area (Å²) in [5, 5.41) is 7.72. The standard InChI is InChI=1S/C15H18BrN3O2/c1-4-21-14-6-5-12(8-11(14)9-16)17-15(20)13-7-10(2)18-19(13)3/h5-8H,4,9H2,1-3H3,(H,17,20). The Hall–Kier alpha value is -1.82. The Morgan fingerprint density at radius 3 is 2.76 bits per heavy atom. The Bertz CT molecular complexity index is 652. The molecule has 1 amide bonds. The van der Waals surface area contributed by atoms with E-state index in [4.69, 9.17) is 4.74 Å². The smallest absolute Gasteiger partial charge is 0.273 e. The third kappa shape index (κ3) is 3.64. The molecule has 0 aliphatic rings. The Kier molecular flexibility index (Phi) is 5.01. The molecule has 5 nitrogen and oxygen atoms in total. The number of amides is 1. The third-order valence-electron chi connectivity index (χ3n) is 3.00. The van der Waals surface area contributed by atoms with Crippen molar-refractivity contribution in [2.75, 3.05) is 11.9 Å². The van der Waals surface area contributed by atoms with E-state index in [9.17, 15) is 4.79 Å². The monoisotopic (exact) mass is 351 g/mol. The van der Waals surface area contributed by atoms with Gasteiger partial charge in [-0.15, -0.1) is 0 Å². The van der Waals surface area contributed by atoms with Gasteiger partial charge in [0.25, 0.3) is 5.91 Å². The van der Waals surface area contributed by atoms with E-state index >= 15 is 0 Å². The van der Waals surface area contributed by atoms with Crippen molar-refractivity contribution in [3.8, 4) is 5.75 Å². The maximum absolute atomic E-state index is 12.2. The van der Waals surface area contributed by atoms with E-state index < -0.39 is 0 Å². The summed E-state index contributed by atoms with van der Waals surface area (Å²) >= 11 is 3.43. The molecule has 0 unspecified atom stereocenters. The molecule has 0 radical (unpaired) electrons. The van der Waals surface area contributed by atoms with Crippen LogP contribution in [0.1, 0.15) is 28.7 Å². The van der Waals surface area contributed by atoms with Gasteiger partial charge in [0.05, 0.1) is 12.3 Å². The second-order valence-corrected chi connectivity index (χ2v) is 5.20. The fraction of sp³-hybridized carbons (Fsp3) is 0.333. The Morgan fingerprint density at radius 2 is 2.19 bits per heavy atom. The van der Waals surface area contributed by atoms with Gasteiger partial charge in [0, 0.05) is 23.6 Å². The summed E-state index contributed by atoms with van der Waals surface area (Å²) < 4.78 is 7.11. The Morgan fingerprint density at radius 1 is 1.43 bits per heavy atom. The number of halogens is 1. The highest BCUT2D eigenvalue weighted by Crippen LogP contribution is 2.25. The molecule has 0 saturated heterocycles. The average molecular weight is 352 g/mol. The minimum absolute atomic E-state index is 0.178. The zero-order valence-electron chi connectivity index (χ0n) is 12.3. The van der Waals surface area contributed by atoms with Crippen LogP contribution >= 0.6 is 15.9 Å². The van der Waals surface area contributed by atoms with Gasteiger partial charge < -0.3 is 10.1 Å². The van der Waals surface area contributed by atoms with Crippen LogP contribution in [0.2, 0.25) is 0 Å². The highest BCUT2D eigenvalue weighted by atomic mass is 79.9. The predicted molar refractivity (Wildman–Crippen MR) is 86.1 cm³/mol. The van der Waals surface area contributed by atoms with Gasteiger partial charge in [-0.05, 0) is 38.1 Å². The number of carbonyl (C=O) groups excluding carboxylic acids is 1. The van der Waals surface area contributed by atoms with Crippen LogP contribution in [0.25, 0.3) is 0 Å². The van der Waals surface area contributed by atoms with E-state index in [1.165, 1.54) is 0 Å². The molecule has 0 fully saturated rings. The van der Waals surface area contributed by atoms with Crippen LogP contribution in [0.3, 0.4) is 0 Å². The molecule has 1 aromatic carbocycles. The number of hydrogen-bond acceptors (Lipinski definition) is 3. The van der Waals surface area contributed by atoms with Crippen molar-refractivity contribution in [3.05, 3.63) is 41.2 Å². The predicted octanol–water partition coefficient (Wildman–Crippen LogP) is 3.27. The minimum atomic E-state index is -0.178. The van der Waals surface area contributed by atoms with Crippen molar-refractivity contribution in [3.63, 3.8) is 0 Å². The van der Waals surface area contributed by atoms with Crippen LogP contribution < -0.4 is 10.1 Å². The first-order valence-electron chi connectivity index (χ1n) is 6.68. The maximum Gasteiger partial charge on any atom is 0.273 e. The summed E-state index contributed by atoms with van der Waals surface area (Å²) in [6, 6.07) is 7.36. The molecule has 0 atom stereocenters. The first-order chi connectivity index (χ1) is 10.0. The summed E-state index contributed by atoms with van der Waals surface area (Å²) in [7, 11) is 1.75. The molecule has 112 valence electrons. The first-order valence-corrected chi connectivity index (χ1v) is 7.81. The third-order valence-corrected chi connectivity index (χ3v) is 3.60. The molecule has 2 aromatic rings. The van der Waals surface area contributed by atoms with Gasteiger partial charge in [0.1, 0.15) is 11.4 Å². The lowest BCUT2D eigenvalue weighted by Gasteiger charge is -2.11. The summed E-state index contributed by atoms with van der Waals surface area (Å²) in [5.74, 6) is 0.645. The number of ether oxygens (including phenoxy) is 1. The largest absolute Gasteiger partial charge is 0.494 e. The number of nitrogens with one attached hydrogen (secondary N) is 1. The van der Waals surface area contributed by atoms with Crippen LogP contribution in [-0.4, -0.2) is 22.3 Å². The van der Waals surface area contributed by atoms with Gasteiger partial charge >= 0.3 is 0 Å². The van der Waals surface area contributed by atoms with E-state index in [-0.39, 0.29) is 5.91 Å². The minimum Gasteiger partial charge on any atom is -0.494 e. The van der Waals surface area contributed by atoms with Crippen molar-refractivity contribution < 1.29 is 9.53 Å². The summed E-state index contributed by atoms with van der Waals surface area (Å²) in [6.07, 6.45) is 0. The molecule has 21 heavy (non-hydrogen) atoms. The fourth-order valence-corrected chi connectivity index (χ4v) is 2.51. The first kappa shape index (κ1) is 15.6. The number of benzene rings is 1. The molecule has 0 bridgehead atoms. The van der Waals surface area contributed by atoms with E-state index in [2.05, 4.69) is 26.3 Å². The number of rotatable bonds is 5. The quantitative estimate of drug-likeness (QED) is 0.841. The van der Waals surface area contributed by atoms with Crippen molar-refractivity contribution in [1.82, 2.24) is 9.78 Å². The van der Waals surface area contributed by atoms with E-state index in [1.54, 1.807) is 17.8 Å². The molecule has 0 saturated carbocycles. The lowest BCUT2D eigenvalue weighted by atomic mass is 10.2. The fourth-order valence-electron chi connectivity index (χ4n) is 2.08. The van der Waals surface area contributed by atoms with Crippen LogP contribution in [0.5, 0.6) is 5.75 Å². The topological polar surface area (TPSA) is 56.1 Å². The Labute approximate surface area is 132 Å². The van der Waals surface area contributed by atoms with Gasteiger partial charge in [0.15, 0.2) is 0 Å². The van der Waals surface area contributed by atoms with Gasteiger partial charge in [-0.3, -0.25) is 9.48 Å². The molecular formula is C15H18BrN3O2. The zero-order chi connectivity index (χ0) is 15.4. The second-order valence-electron chi connectivity index (χ2n) is 4.64. The summed E-state index contributed by atoms with van der Waals surface area (Å²) in [4.78, 5) is 12.2. The van der Waals surface area contributed by atoms with Crippen LogP contribution in [0, 0.1) is 6.92 Å². The molecule has 1 aromatic heterocycles. The average Bonchev–Trinajstić information content (AvgIpc) is 2.79. The number of anilines is 1. The van der Waals surface area contributed by atoms with E-state index in [0.29, 0.717) is 17.6 Å². The second kappa shape index (κ2) is 6.76. The van der Waals surface area contributed by atoms with Gasteiger partial charge in [0.2, 0.25) is 0 Å². The number of aryl methyl sites for hydroxylation is 2. The van der Waals surface area contributed by atoms with Gasteiger partial charge in [-0.2, -0.15) is 5.10 Å². The van der Waals surface area contributed by atoms with Crippen LogP contribution in [0.15, 0.2) is 24.3 Å². The highest BCUT2D eigenvalue weighted by Gasteiger charge is 2.13. The molecule has 2 rings (SSSR count). The molecule has 6 heteroatoms. The number of aromatic nitrogens is 2. The van der Waals surface area contributed by atoms with E-state index in [1.807, 2.05) is 32.0 Å². The van der Waals surface area contributed by atoms with Crippen molar-refractivity contribution >= 4 is 27.5 Å². The molecule has 0 aliphatic carbocycles. The molecule has 0 aliphatic heterocycles. The molecule has 1 heterocycles. The van der Waals surface area contributed by atoms with Gasteiger partial charge in [-0.25, -0.2) is 0 Å². The lowest BCUT2D eigenvalue weighted by Crippen LogP contribution is -2.16. The normalized spacial score (nSPS) is 10.5. The maximum atomic E-state index is 12.2. The SMILES string of the molecule is CCOc1ccc(NC(=O)c2cc(C)nn2C)cc1CBr. The van der Waals surface area contributed by atoms with E-state index in [0.717, 1.165) is 22.7 Å². The van der Waals surface area contributed by atoms with Crippen molar-refractivity contribution in [1.29, 1.82) is 0 Å².